The summed E-state index contributed by atoms with van der Waals surface area (Å²) in [6, 6.07) is 12.6. The molecular weight excluding hydrogens is 290 g/mol. The van der Waals surface area contributed by atoms with E-state index in [4.69, 9.17) is 21.4 Å². The third-order valence-corrected chi connectivity index (χ3v) is 3.78. The lowest BCUT2D eigenvalue weighted by Gasteiger charge is -2.15. The van der Waals surface area contributed by atoms with Gasteiger partial charge in [-0.1, -0.05) is 29.8 Å². The Hall–Kier alpha value is -2.04. The van der Waals surface area contributed by atoms with E-state index in [1.807, 2.05) is 24.3 Å². The Kier molecular flexibility index (Phi) is 3.82. The summed E-state index contributed by atoms with van der Waals surface area (Å²) >= 11 is 5.90. The molecule has 2 aromatic rings. The summed E-state index contributed by atoms with van der Waals surface area (Å²) in [5.41, 5.74) is 2.28. The topological polar surface area (TPSA) is 58.6 Å². The van der Waals surface area contributed by atoms with E-state index in [-0.39, 0.29) is 11.6 Å². The van der Waals surface area contributed by atoms with Crippen LogP contribution in [0.2, 0.25) is 5.02 Å². The molecule has 0 saturated carbocycles. The van der Waals surface area contributed by atoms with E-state index in [0.29, 0.717) is 23.9 Å². The zero-order valence-corrected chi connectivity index (χ0v) is 11.9. The number of ether oxygens (including phenoxy) is 1. The minimum absolute atomic E-state index is 0.0444. The molecule has 4 nitrogen and oxygen atoms in total. The van der Waals surface area contributed by atoms with Crippen LogP contribution in [0.1, 0.15) is 27.5 Å². The van der Waals surface area contributed by atoms with Crippen molar-refractivity contribution < 1.29 is 14.6 Å². The first-order valence-corrected chi connectivity index (χ1v) is 6.99. The third-order valence-electron chi connectivity index (χ3n) is 3.53. The third kappa shape index (κ3) is 3.01. The van der Waals surface area contributed by atoms with Gasteiger partial charge in [-0.2, -0.15) is 0 Å². The monoisotopic (exact) mass is 303 g/mol. The second-order valence-electron chi connectivity index (χ2n) is 4.92. The molecule has 0 fully saturated rings. The molecule has 0 bridgehead atoms. The van der Waals surface area contributed by atoms with E-state index in [9.17, 15) is 4.79 Å². The zero-order chi connectivity index (χ0) is 14.8. The van der Waals surface area contributed by atoms with Gasteiger partial charge in [0.05, 0.1) is 11.6 Å². The van der Waals surface area contributed by atoms with Crippen molar-refractivity contribution in [2.24, 2.45) is 0 Å². The van der Waals surface area contributed by atoms with E-state index < -0.39 is 5.97 Å². The first-order chi connectivity index (χ1) is 10.1. The average Bonchev–Trinajstić information content (AvgIpc) is 2.70. The number of nitrogens with one attached hydrogen (secondary N) is 1. The molecule has 2 N–H and O–H groups in total. The quantitative estimate of drug-likeness (QED) is 0.894. The largest absolute Gasteiger partial charge is 0.491 e. The predicted molar refractivity (Wildman–Crippen MR) is 79.9 cm³/mol. The molecule has 1 aliphatic rings. The van der Waals surface area contributed by atoms with Gasteiger partial charge in [-0.3, -0.25) is 0 Å². The number of rotatable bonds is 2. The standard InChI is InChI=1S/C16H14ClNO3/c17-13-5-3-10(4-6-13)14-9-21-15-7-11(16(19)20)1-2-12(15)8-18-14/h1-7,14,18H,8-9H2,(H,19,20)/t14-/m1/s1. The van der Waals surface area contributed by atoms with E-state index in [0.717, 1.165) is 11.1 Å². The van der Waals surface area contributed by atoms with Gasteiger partial charge >= 0.3 is 5.97 Å². The van der Waals surface area contributed by atoms with Crippen LogP contribution >= 0.6 is 11.6 Å². The Morgan fingerprint density at radius 3 is 2.71 bits per heavy atom. The molecule has 3 rings (SSSR count). The summed E-state index contributed by atoms with van der Waals surface area (Å²) < 4.78 is 5.78. The van der Waals surface area contributed by atoms with Gasteiger partial charge in [0.1, 0.15) is 12.4 Å². The number of halogens is 1. The molecule has 21 heavy (non-hydrogen) atoms. The number of carboxylic acids is 1. The van der Waals surface area contributed by atoms with Crippen LogP contribution in [0.25, 0.3) is 0 Å². The van der Waals surface area contributed by atoms with Crippen LogP contribution in [-0.2, 0) is 6.54 Å². The second kappa shape index (κ2) is 5.76. The lowest BCUT2D eigenvalue weighted by atomic mass is 10.1. The minimum atomic E-state index is -0.951. The highest BCUT2D eigenvalue weighted by molar-refractivity contribution is 6.30. The molecule has 108 valence electrons. The van der Waals surface area contributed by atoms with Crippen LogP contribution in [0, 0.1) is 0 Å². The summed E-state index contributed by atoms with van der Waals surface area (Å²) in [5, 5.41) is 13.1. The summed E-state index contributed by atoms with van der Waals surface area (Å²) in [6.45, 7) is 1.07. The van der Waals surface area contributed by atoms with Crippen LogP contribution < -0.4 is 10.1 Å². The Labute approximate surface area is 127 Å². The van der Waals surface area contributed by atoms with Crippen molar-refractivity contribution in [2.75, 3.05) is 6.61 Å². The molecule has 0 amide bonds. The van der Waals surface area contributed by atoms with Crippen LogP contribution in [0.15, 0.2) is 42.5 Å². The van der Waals surface area contributed by atoms with Crippen LogP contribution in [-0.4, -0.2) is 17.7 Å². The van der Waals surface area contributed by atoms with E-state index in [2.05, 4.69) is 5.32 Å². The fourth-order valence-corrected chi connectivity index (χ4v) is 2.47. The molecule has 0 saturated heterocycles. The van der Waals surface area contributed by atoms with Gasteiger partial charge in [0.15, 0.2) is 0 Å². The Morgan fingerprint density at radius 2 is 2.00 bits per heavy atom. The zero-order valence-electron chi connectivity index (χ0n) is 11.2. The molecular formula is C16H14ClNO3. The number of benzene rings is 2. The number of aromatic carboxylic acids is 1. The molecule has 1 aliphatic heterocycles. The molecule has 0 spiro atoms. The summed E-state index contributed by atoms with van der Waals surface area (Å²) in [5.74, 6) is -0.327. The van der Waals surface area contributed by atoms with Crippen LogP contribution in [0.3, 0.4) is 0 Å². The molecule has 0 aromatic heterocycles. The number of hydrogen-bond acceptors (Lipinski definition) is 3. The molecule has 5 heteroatoms. The smallest absolute Gasteiger partial charge is 0.335 e. The van der Waals surface area contributed by atoms with E-state index >= 15 is 0 Å². The fraction of sp³-hybridized carbons (Fsp3) is 0.188. The molecule has 1 atom stereocenters. The Bertz CT molecular complexity index is 670. The highest BCUT2D eigenvalue weighted by atomic mass is 35.5. The van der Waals surface area contributed by atoms with Crippen LogP contribution in [0.5, 0.6) is 5.75 Å². The van der Waals surface area contributed by atoms with Crippen molar-refractivity contribution in [1.29, 1.82) is 0 Å². The number of hydrogen-bond donors (Lipinski definition) is 2. The van der Waals surface area contributed by atoms with Crippen molar-refractivity contribution in [3.05, 3.63) is 64.2 Å². The lowest BCUT2D eigenvalue weighted by molar-refractivity contribution is 0.0696. The highest BCUT2D eigenvalue weighted by Gasteiger charge is 2.19. The molecule has 0 radical (unpaired) electrons. The van der Waals surface area contributed by atoms with Crippen LogP contribution in [0.4, 0.5) is 0 Å². The lowest BCUT2D eigenvalue weighted by Crippen LogP contribution is -2.23. The minimum Gasteiger partial charge on any atom is -0.491 e. The van der Waals surface area contributed by atoms with Gasteiger partial charge in [0.25, 0.3) is 0 Å². The van der Waals surface area contributed by atoms with Crippen molar-refractivity contribution in [1.82, 2.24) is 5.32 Å². The summed E-state index contributed by atoms with van der Waals surface area (Å²) in [4.78, 5) is 11.0. The van der Waals surface area contributed by atoms with E-state index in [1.165, 1.54) is 0 Å². The van der Waals surface area contributed by atoms with Gasteiger partial charge in [0.2, 0.25) is 0 Å². The number of carbonyl (C=O) groups is 1. The van der Waals surface area contributed by atoms with Gasteiger partial charge in [-0.05, 0) is 29.8 Å². The Morgan fingerprint density at radius 1 is 1.24 bits per heavy atom. The number of fused-ring (bicyclic) bond motifs is 1. The van der Waals surface area contributed by atoms with E-state index in [1.54, 1.807) is 18.2 Å². The first kappa shape index (κ1) is 13.9. The molecule has 2 aromatic carbocycles. The maximum absolute atomic E-state index is 11.0. The summed E-state index contributed by atoms with van der Waals surface area (Å²) in [6.07, 6.45) is 0. The second-order valence-corrected chi connectivity index (χ2v) is 5.36. The van der Waals surface area contributed by atoms with Crippen molar-refractivity contribution >= 4 is 17.6 Å². The van der Waals surface area contributed by atoms with Crippen molar-refractivity contribution in [3.8, 4) is 5.75 Å². The van der Waals surface area contributed by atoms with Crippen molar-refractivity contribution in [2.45, 2.75) is 12.6 Å². The number of carboxylic acid groups (broad SMARTS) is 1. The first-order valence-electron chi connectivity index (χ1n) is 6.61. The molecule has 0 aliphatic carbocycles. The fourth-order valence-electron chi connectivity index (χ4n) is 2.34. The molecule has 1 heterocycles. The highest BCUT2D eigenvalue weighted by Crippen LogP contribution is 2.27. The van der Waals surface area contributed by atoms with Crippen molar-refractivity contribution in [3.63, 3.8) is 0 Å². The van der Waals surface area contributed by atoms with Gasteiger partial charge < -0.3 is 15.2 Å². The SMILES string of the molecule is O=C(O)c1ccc2c(c1)OC[C@H](c1ccc(Cl)cc1)NC2. The maximum atomic E-state index is 11.0. The summed E-state index contributed by atoms with van der Waals surface area (Å²) in [7, 11) is 0. The van der Waals surface area contributed by atoms with Gasteiger partial charge in [0, 0.05) is 17.1 Å². The molecule has 0 unspecified atom stereocenters. The van der Waals surface area contributed by atoms with Gasteiger partial charge in [-0.15, -0.1) is 0 Å². The average molecular weight is 304 g/mol. The normalized spacial score (nSPS) is 17.5. The van der Waals surface area contributed by atoms with Gasteiger partial charge in [-0.25, -0.2) is 4.79 Å². The predicted octanol–water partition coefficient (Wildman–Crippen LogP) is 3.26. The Balaban J connectivity index is 1.81. The maximum Gasteiger partial charge on any atom is 0.335 e.